The molecule has 5 fully saturated rings. The van der Waals surface area contributed by atoms with Crippen LogP contribution >= 0.6 is 12.4 Å². The number of halogens is 12. The molecular formula is C90H125ClF11N13O14. The van der Waals surface area contributed by atoms with Crippen LogP contribution in [0.2, 0.25) is 0 Å². The molecule has 27 nitrogen and oxygen atoms in total. The fraction of sp³-hybridized carbons (Fsp3) is 0.567. The van der Waals surface area contributed by atoms with Crippen LogP contribution in [0.1, 0.15) is 207 Å². The molecule has 7 aliphatic rings. The molecule has 0 saturated carbocycles. The first-order valence-corrected chi connectivity index (χ1v) is 42.5. The van der Waals surface area contributed by atoms with Gasteiger partial charge >= 0.3 is 36.0 Å². The summed E-state index contributed by atoms with van der Waals surface area (Å²) in [6.45, 7) is 46.4. The molecule has 39 heteroatoms. The number of rotatable bonds is 9. The Hall–Kier alpha value is -10.6. The van der Waals surface area contributed by atoms with Crippen molar-refractivity contribution < 1.29 is 106 Å². The van der Waals surface area contributed by atoms with Crippen LogP contribution in [0.5, 0.6) is 0 Å². The highest BCUT2D eigenvalue weighted by Gasteiger charge is 2.42. The predicted octanol–water partition coefficient (Wildman–Crippen LogP) is 20.2. The van der Waals surface area contributed by atoms with Crippen LogP contribution in [0.15, 0.2) is 85.2 Å². The lowest BCUT2D eigenvalue weighted by Gasteiger charge is -2.42. The second-order valence-electron chi connectivity index (χ2n) is 36.5. The molecule has 7 heterocycles. The van der Waals surface area contributed by atoms with Gasteiger partial charge in [-0.15, -0.1) is 12.4 Å². The van der Waals surface area contributed by atoms with E-state index in [2.05, 4.69) is 40.8 Å². The van der Waals surface area contributed by atoms with E-state index in [9.17, 15) is 92.5 Å². The second kappa shape index (κ2) is 46.8. The van der Waals surface area contributed by atoms with Gasteiger partial charge in [-0.2, -0.15) is 4.39 Å². The smallest absolute Gasteiger partial charge is 0.410 e. The van der Waals surface area contributed by atoms with Crippen molar-refractivity contribution in [2.45, 2.75) is 291 Å². The Morgan fingerprint density at radius 1 is 0.465 bits per heavy atom. The predicted molar refractivity (Wildman–Crippen MR) is 473 cm³/mol. The highest BCUT2D eigenvalue weighted by molar-refractivity contribution is 5.85. The van der Waals surface area contributed by atoms with E-state index in [-0.39, 0.29) is 102 Å². The van der Waals surface area contributed by atoms with Crippen molar-refractivity contribution in [3.05, 3.63) is 181 Å². The van der Waals surface area contributed by atoms with Crippen LogP contribution in [0.25, 0.3) is 0 Å². The van der Waals surface area contributed by atoms with Gasteiger partial charge in [0.1, 0.15) is 22.4 Å². The van der Waals surface area contributed by atoms with Gasteiger partial charge in [0.05, 0.1) is 39.2 Å². The maximum absolute atomic E-state index is 14.4. The number of hydrogen-bond donors (Lipinski definition) is 5. The van der Waals surface area contributed by atoms with E-state index >= 15 is 0 Å². The molecule has 129 heavy (non-hydrogen) atoms. The summed E-state index contributed by atoms with van der Waals surface area (Å²) in [5, 5.41) is 30.1. The zero-order valence-electron chi connectivity index (χ0n) is 76.7. The Balaban J connectivity index is 0.000000274. The number of piperidine rings is 5. The number of allylic oxidation sites excluding steroid dienone is 2. The highest BCUT2D eigenvalue weighted by Crippen LogP contribution is 2.44. The van der Waals surface area contributed by atoms with Gasteiger partial charge in [-0.05, 0) is 243 Å². The molecule has 5 aromatic rings. The lowest BCUT2D eigenvalue weighted by Crippen LogP contribution is -2.51. The molecule has 5 saturated heterocycles. The van der Waals surface area contributed by atoms with Crippen molar-refractivity contribution in [1.29, 1.82) is 0 Å². The number of benzene rings is 5. The van der Waals surface area contributed by atoms with E-state index in [0.29, 0.717) is 114 Å². The van der Waals surface area contributed by atoms with Gasteiger partial charge in [-0.3, -0.25) is 25.0 Å². The van der Waals surface area contributed by atoms with E-state index in [0.717, 1.165) is 72.9 Å². The molecule has 4 amide bonds. The normalized spacial score (nSPS) is 21.3. The van der Waals surface area contributed by atoms with Crippen LogP contribution in [-0.4, -0.2) is 182 Å². The van der Waals surface area contributed by atoms with Gasteiger partial charge in [0.25, 0.3) is 5.69 Å². The number of esters is 1. The van der Waals surface area contributed by atoms with E-state index in [1.807, 2.05) is 99.8 Å². The number of nitrogens with one attached hydrogen (secondary N) is 3. The number of ether oxygens (including phenoxy) is 5. The summed E-state index contributed by atoms with van der Waals surface area (Å²) in [4.78, 5) is 88.0. The van der Waals surface area contributed by atoms with Gasteiger partial charge in [-0.1, -0.05) is 25.3 Å². The van der Waals surface area contributed by atoms with Gasteiger partial charge in [0.2, 0.25) is 11.6 Å². The summed E-state index contributed by atoms with van der Waals surface area (Å²) < 4.78 is 173. The van der Waals surface area contributed by atoms with Crippen molar-refractivity contribution in [1.82, 2.24) is 24.9 Å². The third-order valence-corrected chi connectivity index (χ3v) is 21.3. The average Bonchev–Trinajstić information content (AvgIpc) is 1.61. The number of nitrogens with zero attached hydrogens (tertiary/aromatic N) is 8. The van der Waals surface area contributed by atoms with Crippen molar-refractivity contribution >= 4 is 82.6 Å². The minimum atomic E-state index is -1.83. The molecule has 5 aromatic carbocycles. The van der Waals surface area contributed by atoms with Gasteiger partial charge < -0.3 is 80.5 Å². The molecular weight excluding hydrogens is 1730 g/mol. The molecule has 10 unspecified atom stereocenters. The van der Waals surface area contributed by atoms with Gasteiger partial charge in [-0.25, -0.2) is 63.1 Å². The van der Waals surface area contributed by atoms with Crippen LogP contribution in [0.3, 0.4) is 0 Å². The largest absolute Gasteiger partial charge is 0.466 e. The summed E-state index contributed by atoms with van der Waals surface area (Å²) in [5.74, 6) is -12.8. The maximum atomic E-state index is 14.4. The Morgan fingerprint density at radius 2 is 0.806 bits per heavy atom. The summed E-state index contributed by atoms with van der Waals surface area (Å²) in [6.07, 6.45) is 6.70. The number of carbonyl (C=O) groups excluding carboxylic acids is 5. The standard InChI is InChI=1S/C20H26F2N2O2.C17H23F2N3O4.C17H25F2N3O2.C15H18F2N2.C11H22N2O2.C6H2F3NO2.C4H8O2.ClH/c1-12-11-15(8-9-23(12)19(25)26-20(3,4)5)24-13(2)10-14-6-7-16(21)17(22)18(14)24;1-10-9-11(7-8-21(10)16(23)26-17(2,3)4)20-15-13(22(24)25)6-5-12(18)14(15)19;1-10-9-11(7-8-22(10)16(23)24-17(2,3)4)21-15-13(20)6-5-12(18)14(15)19;1-9-7-12(5-6-18-9)19-10(2)8-11-3-4-13(16)14(17)15(11)19;1-8-7-9(12)5-6-13(8)10(14)15-11(2,3)4;7-3-1-2-4(10(11)12)6(9)5(3)8;1-3-6-4(2)5;/h6-7,12,15H,2,8-11H2,1,3-5H3;5-6,10-11,20H,7-9H2,1-4H3;5-6,10-11,21H,7-9,20H2,1-4H3;3-4,9,12,18H,2,5-8H2,1H3;8-9H,5-7,12H2,1-4H3;1-2H;3H2,1-2H3;1H. The first-order chi connectivity index (χ1) is 59.3. The topological polar surface area (TPSA) is 325 Å². The van der Waals surface area contributed by atoms with Gasteiger partial charge in [0, 0.05) is 130 Å². The Labute approximate surface area is 753 Å². The highest BCUT2D eigenvalue weighted by atomic mass is 35.5. The quantitative estimate of drug-likeness (QED) is 0.0174. The monoisotopic (exact) mass is 1860 g/mol. The number of nitro benzene ring substituents is 2. The lowest BCUT2D eigenvalue weighted by atomic mass is 9.96. The van der Waals surface area contributed by atoms with Crippen molar-refractivity contribution in [2.75, 3.05) is 65.5 Å². The fourth-order valence-corrected chi connectivity index (χ4v) is 15.5. The number of anilines is 5. The summed E-state index contributed by atoms with van der Waals surface area (Å²) in [5.41, 5.74) is 11.5. The Morgan fingerprint density at radius 3 is 1.17 bits per heavy atom. The average molecular weight is 1860 g/mol. The zero-order chi connectivity index (χ0) is 96.4. The molecule has 0 spiro atoms. The fourth-order valence-electron chi connectivity index (χ4n) is 15.5. The zero-order valence-corrected chi connectivity index (χ0v) is 77.5. The third kappa shape index (κ3) is 31.3. The number of nitrogens with two attached hydrogens (primary N) is 2. The number of likely N-dealkylation sites (tertiary alicyclic amines) is 4. The molecule has 0 aromatic heterocycles. The molecule has 0 aliphatic carbocycles. The minimum absolute atomic E-state index is 0. The molecule has 0 radical (unpaired) electrons. The van der Waals surface area contributed by atoms with Crippen molar-refractivity contribution in [3.63, 3.8) is 0 Å². The van der Waals surface area contributed by atoms with E-state index in [1.54, 1.807) is 59.4 Å². The molecule has 0 bridgehead atoms. The molecule has 7 N–H and O–H groups in total. The summed E-state index contributed by atoms with van der Waals surface area (Å²) >= 11 is 0. The molecule has 12 rings (SSSR count). The van der Waals surface area contributed by atoms with Crippen molar-refractivity contribution in [3.8, 4) is 0 Å². The second-order valence-corrected chi connectivity index (χ2v) is 36.5. The third-order valence-electron chi connectivity index (χ3n) is 21.3. The summed E-state index contributed by atoms with van der Waals surface area (Å²) in [7, 11) is 0. The number of carbonyl (C=O) groups is 5. The number of hydrogen-bond acceptors (Lipinski definition) is 21. The van der Waals surface area contributed by atoms with Crippen LogP contribution in [0, 0.1) is 84.2 Å². The van der Waals surface area contributed by atoms with Crippen molar-refractivity contribution in [2.24, 2.45) is 5.73 Å². The van der Waals surface area contributed by atoms with E-state index < -0.39 is 119 Å². The maximum Gasteiger partial charge on any atom is 0.410 e. The minimum Gasteiger partial charge on any atom is -0.466 e. The number of fused-ring (bicyclic) bond motifs is 2. The first kappa shape index (κ1) is 109. The van der Waals surface area contributed by atoms with E-state index in [1.165, 1.54) is 25.1 Å². The molecule has 7 aliphatic heterocycles. The van der Waals surface area contributed by atoms with Crippen LogP contribution in [0.4, 0.5) is 107 Å². The lowest BCUT2D eigenvalue weighted by molar-refractivity contribution is -0.387. The number of nitro groups is 2. The number of nitrogen functional groups attached to an aromatic ring is 1. The van der Waals surface area contributed by atoms with Crippen LogP contribution < -0.4 is 37.2 Å². The number of amides is 4. The Kier molecular flexibility index (Phi) is 39.5. The Bertz CT molecular complexity index is 4770. The van der Waals surface area contributed by atoms with E-state index in [4.69, 9.17) is 30.4 Å². The molecule has 10 atom stereocenters. The summed E-state index contributed by atoms with van der Waals surface area (Å²) in [6, 6.07) is 10.9. The SMILES string of the molecule is C=C1Cc2ccc(F)c(F)c2N1C1CCN(C(=O)OC(C)(C)C)C(C)C1.C=C1Cc2ccc(F)c(F)c2N1C1CCNC(C)C1.CC1CC(N)CCN1C(=O)OC(C)(C)C.CC1CC(Nc2c(N)ccc(F)c2F)CCN1C(=O)OC(C)(C)C.CC1CC(Nc2c([N+](=O)[O-])ccc(F)c2F)CCN1C(=O)OC(C)(C)C.CCOC(C)=O.Cl.O=[N+]([O-])c1ccc(F)c(F)c1F. The van der Waals surface area contributed by atoms with Crippen LogP contribution in [-0.2, 0) is 41.3 Å². The molecule has 718 valence electrons. The van der Waals surface area contributed by atoms with Gasteiger partial charge in [0.15, 0.2) is 58.0 Å². The first-order valence-electron chi connectivity index (χ1n) is 42.5.